The molecule has 1 fully saturated rings. The van der Waals surface area contributed by atoms with Crippen LogP contribution in [0, 0.1) is 0 Å². The van der Waals surface area contributed by atoms with Gasteiger partial charge >= 0.3 is 12.1 Å². The van der Waals surface area contributed by atoms with Crippen LogP contribution in [-0.2, 0) is 14.3 Å². The molecule has 0 saturated carbocycles. The van der Waals surface area contributed by atoms with E-state index in [1.165, 1.54) is 0 Å². The average Bonchev–Trinajstić information content (AvgIpc) is 2.84. The number of nitrogens with one attached hydrogen (secondary N) is 1. The fourth-order valence-electron chi connectivity index (χ4n) is 2.36. The molecule has 1 amide bonds. The topological polar surface area (TPSA) is 88.1 Å². The molecule has 0 unspecified atom stereocenters. The number of hydrogen-bond donors (Lipinski definition) is 2. The number of ether oxygens (including phenoxy) is 2. The van der Waals surface area contributed by atoms with E-state index in [-0.39, 0.29) is 18.7 Å². The van der Waals surface area contributed by atoms with Crippen LogP contribution in [0.1, 0.15) is 40.5 Å². The summed E-state index contributed by atoms with van der Waals surface area (Å²) in [6, 6.07) is -0.771. The summed E-state index contributed by atoms with van der Waals surface area (Å²) in [4.78, 5) is 24.8. The maximum absolute atomic E-state index is 12.1. The van der Waals surface area contributed by atoms with Crippen molar-refractivity contribution in [2.45, 2.75) is 58.2 Å². The molecule has 7 heteroatoms. The molecule has 1 heterocycles. The van der Waals surface area contributed by atoms with Crippen LogP contribution >= 0.6 is 0 Å². The monoisotopic (exact) mass is 316 g/mol. The summed E-state index contributed by atoms with van der Waals surface area (Å²) in [6.07, 6.45) is 1.42. The lowest BCUT2D eigenvalue weighted by molar-refractivity contribution is -0.141. The molecular weight excluding hydrogens is 288 g/mol. The van der Waals surface area contributed by atoms with Crippen LogP contribution < -0.4 is 5.32 Å². The second-order valence-electron chi connectivity index (χ2n) is 6.46. The van der Waals surface area contributed by atoms with E-state index in [0.29, 0.717) is 19.7 Å². The Labute approximate surface area is 131 Å². The zero-order chi connectivity index (χ0) is 16.8. The van der Waals surface area contributed by atoms with E-state index < -0.39 is 17.6 Å². The first-order chi connectivity index (χ1) is 10.2. The van der Waals surface area contributed by atoms with E-state index in [9.17, 15) is 9.59 Å². The van der Waals surface area contributed by atoms with Crippen molar-refractivity contribution in [2.75, 3.05) is 26.3 Å². The third kappa shape index (κ3) is 6.19. The summed E-state index contributed by atoms with van der Waals surface area (Å²) in [5.74, 6) is -0.933. The van der Waals surface area contributed by atoms with Crippen molar-refractivity contribution in [3.05, 3.63) is 0 Å². The van der Waals surface area contributed by atoms with Gasteiger partial charge < -0.3 is 24.8 Å². The Balaban J connectivity index is 2.44. The van der Waals surface area contributed by atoms with Gasteiger partial charge in [0.1, 0.15) is 11.6 Å². The van der Waals surface area contributed by atoms with Gasteiger partial charge in [-0.2, -0.15) is 0 Å². The van der Waals surface area contributed by atoms with Gasteiger partial charge in [0.25, 0.3) is 0 Å². The molecule has 22 heavy (non-hydrogen) atoms. The van der Waals surface area contributed by atoms with E-state index in [4.69, 9.17) is 14.6 Å². The molecule has 0 aromatic carbocycles. The van der Waals surface area contributed by atoms with Gasteiger partial charge in [-0.3, -0.25) is 4.79 Å². The Morgan fingerprint density at radius 2 is 2.09 bits per heavy atom. The highest BCUT2D eigenvalue weighted by Gasteiger charge is 2.32. The predicted molar refractivity (Wildman–Crippen MR) is 81.9 cm³/mol. The van der Waals surface area contributed by atoms with Gasteiger partial charge in [-0.1, -0.05) is 6.92 Å². The summed E-state index contributed by atoms with van der Waals surface area (Å²) < 4.78 is 10.9. The van der Waals surface area contributed by atoms with Gasteiger partial charge in [0.15, 0.2) is 0 Å². The van der Waals surface area contributed by atoms with E-state index >= 15 is 0 Å². The molecule has 0 aliphatic carbocycles. The maximum atomic E-state index is 12.1. The lowest BCUT2D eigenvalue weighted by Gasteiger charge is -2.28. The Morgan fingerprint density at radius 3 is 2.64 bits per heavy atom. The van der Waals surface area contributed by atoms with Crippen molar-refractivity contribution in [3.63, 3.8) is 0 Å². The first kappa shape index (κ1) is 18.7. The Kier molecular flexibility index (Phi) is 7.09. The van der Waals surface area contributed by atoms with Gasteiger partial charge in [0.2, 0.25) is 0 Å². The van der Waals surface area contributed by atoms with Crippen LogP contribution in [0.4, 0.5) is 4.79 Å². The normalized spacial score (nSPS) is 20.0. The molecule has 7 nitrogen and oxygen atoms in total. The van der Waals surface area contributed by atoms with E-state index in [1.807, 2.05) is 27.7 Å². The molecule has 0 radical (unpaired) electrons. The van der Waals surface area contributed by atoms with E-state index in [2.05, 4.69) is 5.32 Å². The number of likely N-dealkylation sites (tertiary alicyclic amines) is 1. The Hall–Kier alpha value is -1.34. The number of carboxylic acids is 1. The van der Waals surface area contributed by atoms with Crippen molar-refractivity contribution in [2.24, 2.45) is 0 Å². The molecule has 2 atom stereocenters. The Morgan fingerprint density at radius 1 is 1.41 bits per heavy atom. The second-order valence-corrected chi connectivity index (χ2v) is 6.46. The molecular formula is C15H28N2O5. The number of rotatable bonds is 7. The van der Waals surface area contributed by atoms with Gasteiger partial charge in [-0.15, -0.1) is 0 Å². The molecule has 0 spiro atoms. The predicted octanol–water partition coefficient (Wildman–Crippen LogP) is 1.47. The zero-order valence-electron chi connectivity index (χ0n) is 13.9. The third-order valence-electron chi connectivity index (χ3n) is 3.35. The lowest BCUT2D eigenvalue weighted by Crippen LogP contribution is -2.44. The molecule has 2 N–H and O–H groups in total. The number of amides is 1. The summed E-state index contributed by atoms with van der Waals surface area (Å²) in [5, 5.41) is 11.9. The minimum absolute atomic E-state index is 0.0501. The van der Waals surface area contributed by atoms with Gasteiger partial charge in [0.05, 0.1) is 19.3 Å². The summed E-state index contributed by atoms with van der Waals surface area (Å²) >= 11 is 0. The first-order valence-electron chi connectivity index (χ1n) is 7.78. The van der Waals surface area contributed by atoms with E-state index in [1.54, 1.807) is 4.90 Å². The van der Waals surface area contributed by atoms with Gasteiger partial charge in [-0.25, -0.2) is 4.79 Å². The minimum atomic E-state index is -0.933. The fourth-order valence-corrected chi connectivity index (χ4v) is 2.36. The molecule has 1 saturated heterocycles. The summed E-state index contributed by atoms with van der Waals surface area (Å²) in [6.45, 7) is 8.97. The fraction of sp³-hybridized carbons (Fsp3) is 0.867. The minimum Gasteiger partial charge on any atom is -0.480 e. The van der Waals surface area contributed by atoms with Crippen molar-refractivity contribution in [1.82, 2.24) is 10.2 Å². The maximum Gasteiger partial charge on any atom is 0.410 e. The Bertz CT molecular complexity index is 381. The standard InChI is InChI=1S/C15H28N2O5/c1-5-16-12(13(18)19)10-21-9-11-7-6-8-17(11)14(20)22-15(2,3)4/h11-12,16H,5-10H2,1-4H3,(H,18,19)/t11-,12+/m1/s1. The van der Waals surface area contributed by atoms with Crippen LogP contribution in [0.5, 0.6) is 0 Å². The molecule has 0 aromatic heterocycles. The van der Waals surface area contributed by atoms with Gasteiger partial charge in [-0.05, 0) is 40.2 Å². The third-order valence-corrected chi connectivity index (χ3v) is 3.35. The second kappa shape index (κ2) is 8.33. The number of aliphatic carboxylic acids is 1. The number of carbonyl (C=O) groups is 2. The smallest absolute Gasteiger partial charge is 0.410 e. The van der Waals surface area contributed by atoms with Crippen molar-refractivity contribution < 1.29 is 24.2 Å². The molecule has 0 bridgehead atoms. The average molecular weight is 316 g/mol. The van der Waals surface area contributed by atoms with Crippen LogP contribution in [0.15, 0.2) is 0 Å². The molecule has 1 aliphatic heterocycles. The van der Waals surface area contributed by atoms with Crippen molar-refractivity contribution in [3.8, 4) is 0 Å². The van der Waals surface area contributed by atoms with Gasteiger partial charge in [0, 0.05) is 6.54 Å². The molecule has 1 rings (SSSR count). The number of carbonyl (C=O) groups excluding carboxylic acids is 1. The zero-order valence-corrected chi connectivity index (χ0v) is 13.9. The largest absolute Gasteiger partial charge is 0.480 e. The SMILES string of the molecule is CCN[C@@H](COC[C@H]1CCCN1C(=O)OC(C)(C)C)C(=O)O. The highest BCUT2D eigenvalue weighted by Crippen LogP contribution is 2.21. The van der Waals surface area contributed by atoms with Crippen molar-refractivity contribution in [1.29, 1.82) is 0 Å². The molecule has 128 valence electrons. The molecule has 0 aromatic rings. The first-order valence-corrected chi connectivity index (χ1v) is 7.78. The quantitative estimate of drug-likeness (QED) is 0.739. The van der Waals surface area contributed by atoms with Crippen LogP contribution in [0.3, 0.4) is 0 Å². The number of hydrogen-bond acceptors (Lipinski definition) is 5. The number of likely N-dealkylation sites (N-methyl/N-ethyl adjacent to an activating group) is 1. The lowest BCUT2D eigenvalue weighted by atomic mass is 10.2. The number of nitrogens with zero attached hydrogens (tertiary/aromatic N) is 1. The highest BCUT2D eigenvalue weighted by atomic mass is 16.6. The molecule has 1 aliphatic rings. The highest BCUT2D eigenvalue weighted by molar-refractivity contribution is 5.73. The van der Waals surface area contributed by atoms with Crippen molar-refractivity contribution >= 4 is 12.1 Å². The van der Waals surface area contributed by atoms with Crippen LogP contribution in [0.2, 0.25) is 0 Å². The van der Waals surface area contributed by atoms with Crippen LogP contribution in [0.25, 0.3) is 0 Å². The van der Waals surface area contributed by atoms with E-state index in [0.717, 1.165) is 12.8 Å². The van der Waals surface area contributed by atoms with Crippen LogP contribution in [-0.4, -0.2) is 66.1 Å². The summed E-state index contributed by atoms with van der Waals surface area (Å²) in [7, 11) is 0. The number of carboxylic acid groups (broad SMARTS) is 1. The summed E-state index contributed by atoms with van der Waals surface area (Å²) in [5.41, 5.74) is -0.523.